The van der Waals surface area contributed by atoms with E-state index >= 15 is 0 Å². The van der Waals surface area contributed by atoms with Crippen LogP contribution in [0.1, 0.15) is 32.6 Å². The second-order valence-electron chi connectivity index (χ2n) is 3.64. The van der Waals surface area contributed by atoms with Gasteiger partial charge in [0.2, 0.25) is 0 Å². The number of ether oxygens (including phenoxy) is 1. The van der Waals surface area contributed by atoms with E-state index in [2.05, 4.69) is 0 Å². The van der Waals surface area contributed by atoms with Crippen molar-refractivity contribution < 1.29 is 34.4 Å². The molecule has 0 heterocycles. The van der Waals surface area contributed by atoms with Crippen LogP contribution in [0, 0.1) is 0 Å². The Morgan fingerprint density at radius 1 is 1.06 bits per heavy atom. The lowest BCUT2D eigenvalue weighted by Gasteiger charge is -2.26. The molecule has 3 N–H and O–H groups in total. The van der Waals surface area contributed by atoms with Crippen LogP contribution < -0.4 is 0 Å². The van der Waals surface area contributed by atoms with Gasteiger partial charge in [-0.3, -0.25) is 9.59 Å². The van der Waals surface area contributed by atoms with Crippen LogP contribution in [-0.2, 0) is 19.1 Å². The van der Waals surface area contributed by atoms with E-state index in [1.807, 2.05) is 6.92 Å². The Morgan fingerprint density at radius 2 is 1.53 bits per heavy atom. The molecular weight excluding hydrogens is 232 g/mol. The molecule has 0 unspecified atom stereocenters. The van der Waals surface area contributed by atoms with Crippen molar-refractivity contribution in [1.82, 2.24) is 0 Å². The Bertz CT molecular complexity index is 281. The number of aliphatic carboxylic acids is 3. The molecule has 7 nitrogen and oxygen atoms in total. The number of carbonyl (C=O) groups is 3. The maximum Gasteiger partial charge on any atom is 0.337 e. The van der Waals surface area contributed by atoms with Crippen molar-refractivity contribution in [3.8, 4) is 0 Å². The van der Waals surface area contributed by atoms with Gasteiger partial charge in [-0.2, -0.15) is 0 Å². The fourth-order valence-corrected chi connectivity index (χ4v) is 1.28. The minimum atomic E-state index is -2.19. The number of carboxylic acid groups (broad SMARTS) is 3. The third-order valence-corrected chi connectivity index (χ3v) is 2.14. The molecule has 0 aliphatic carbocycles. The smallest absolute Gasteiger partial charge is 0.337 e. The van der Waals surface area contributed by atoms with Gasteiger partial charge in [-0.05, 0) is 6.42 Å². The fraction of sp³-hybridized carbons (Fsp3) is 0.700. The number of rotatable bonds is 9. The van der Waals surface area contributed by atoms with Crippen molar-refractivity contribution in [2.24, 2.45) is 0 Å². The highest BCUT2D eigenvalue weighted by Gasteiger charge is 2.44. The zero-order valence-electron chi connectivity index (χ0n) is 9.51. The highest BCUT2D eigenvalue weighted by atomic mass is 16.5. The first-order valence-corrected chi connectivity index (χ1v) is 5.15. The summed E-state index contributed by atoms with van der Waals surface area (Å²) >= 11 is 0. The van der Waals surface area contributed by atoms with Crippen LogP contribution in [0.4, 0.5) is 0 Å². The summed E-state index contributed by atoms with van der Waals surface area (Å²) < 4.78 is 4.99. The molecule has 0 aliphatic rings. The molecule has 0 rings (SSSR count). The summed E-state index contributed by atoms with van der Waals surface area (Å²) in [6.07, 6.45) is -0.485. The Morgan fingerprint density at radius 3 is 1.82 bits per heavy atom. The van der Waals surface area contributed by atoms with Gasteiger partial charge in [0.15, 0.2) is 5.60 Å². The molecule has 0 amide bonds. The van der Waals surface area contributed by atoms with E-state index in [-0.39, 0.29) is 6.61 Å². The highest BCUT2D eigenvalue weighted by molar-refractivity contribution is 5.88. The van der Waals surface area contributed by atoms with E-state index in [4.69, 9.17) is 20.1 Å². The standard InChI is InChI=1S/C10H16O7/c1-2-3-4-17-10(9(15)16,5-7(11)12)6-8(13)14/h2-6H2,1H3,(H,11,12)(H,13,14)(H,15,16). The number of carboxylic acids is 3. The maximum absolute atomic E-state index is 11.0. The van der Waals surface area contributed by atoms with Crippen molar-refractivity contribution in [3.05, 3.63) is 0 Å². The molecular formula is C10H16O7. The van der Waals surface area contributed by atoms with E-state index in [0.29, 0.717) is 6.42 Å². The Kier molecular flexibility index (Phi) is 6.19. The average molecular weight is 248 g/mol. The topological polar surface area (TPSA) is 121 Å². The van der Waals surface area contributed by atoms with Crippen LogP contribution >= 0.6 is 0 Å². The number of hydrogen-bond donors (Lipinski definition) is 3. The molecule has 0 radical (unpaired) electrons. The van der Waals surface area contributed by atoms with Gasteiger partial charge in [0.05, 0.1) is 12.8 Å². The van der Waals surface area contributed by atoms with Crippen LogP contribution in [-0.4, -0.2) is 45.4 Å². The van der Waals surface area contributed by atoms with Gasteiger partial charge < -0.3 is 20.1 Å². The normalized spacial score (nSPS) is 11.1. The van der Waals surface area contributed by atoms with Gasteiger partial charge in [-0.1, -0.05) is 13.3 Å². The first-order chi connectivity index (χ1) is 7.84. The largest absolute Gasteiger partial charge is 0.481 e. The first-order valence-electron chi connectivity index (χ1n) is 5.15. The summed E-state index contributed by atoms with van der Waals surface area (Å²) in [5, 5.41) is 26.2. The molecule has 98 valence electrons. The lowest BCUT2D eigenvalue weighted by atomic mass is 9.95. The predicted molar refractivity (Wildman–Crippen MR) is 55.7 cm³/mol. The third-order valence-electron chi connectivity index (χ3n) is 2.14. The van der Waals surface area contributed by atoms with Crippen LogP contribution in [0.3, 0.4) is 0 Å². The molecule has 0 bridgehead atoms. The molecule has 0 aliphatic heterocycles. The summed E-state index contributed by atoms with van der Waals surface area (Å²) in [6, 6.07) is 0. The van der Waals surface area contributed by atoms with Crippen LogP contribution in [0.5, 0.6) is 0 Å². The lowest BCUT2D eigenvalue weighted by Crippen LogP contribution is -2.45. The van der Waals surface area contributed by atoms with Gasteiger partial charge in [-0.15, -0.1) is 0 Å². The van der Waals surface area contributed by atoms with E-state index in [0.717, 1.165) is 6.42 Å². The SMILES string of the molecule is CCCCOC(CC(=O)O)(CC(=O)O)C(=O)O. The van der Waals surface area contributed by atoms with Crippen LogP contribution in [0.15, 0.2) is 0 Å². The fourth-order valence-electron chi connectivity index (χ4n) is 1.28. The zero-order chi connectivity index (χ0) is 13.5. The second kappa shape index (κ2) is 6.85. The van der Waals surface area contributed by atoms with Crippen molar-refractivity contribution in [1.29, 1.82) is 0 Å². The molecule has 0 fully saturated rings. The van der Waals surface area contributed by atoms with E-state index < -0.39 is 36.4 Å². The zero-order valence-corrected chi connectivity index (χ0v) is 9.51. The lowest BCUT2D eigenvalue weighted by molar-refractivity contribution is -0.178. The maximum atomic E-state index is 11.0. The number of hydrogen-bond acceptors (Lipinski definition) is 4. The average Bonchev–Trinajstić information content (AvgIpc) is 2.15. The summed E-state index contributed by atoms with van der Waals surface area (Å²) in [5.74, 6) is -4.39. The van der Waals surface area contributed by atoms with Crippen molar-refractivity contribution in [3.63, 3.8) is 0 Å². The number of unbranched alkanes of at least 4 members (excludes halogenated alkanes) is 1. The van der Waals surface area contributed by atoms with Crippen molar-refractivity contribution in [2.75, 3.05) is 6.61 Å². The van der Waals surface area contributed by atoms with Crippen LogP contribution in [0.25, 0.3) is 0 Å². The molecule has 17 heavy (non-hydrogen) atoms. The van der Waals surface area contributed by atoms with Crippen LogP contribution in [0.2, 0.25) is 0 Å². The van der Waals surface area contributed by atoms with E-state index in [1.54, 1.807) is 0 Å². The first kappa shape index (κ1) is 15.4. The molecule has 0 saturated carbocycles. The molecule has 0 saturated heterocycles. The minimum Gasteiger partial charge on any atom is -0.481 e. The monoisotopic (exact) mass is 248 g/mol. The van der Waals surface area contributed by atoms with Gasteiger partial charge in [0.1, 0.15) is 0 Å². The predicted octanol–water partition coefficient (Wildman–Crippen LogP) is 0.576. The summed E-state index contributed by atoms with van der Waals surface area (Å²) in [5.41, 5.74) is -2.19. The van der Waals surface area contributed by atoms with Gasteiger partial charge in [0, 0.05) is 6.61 Å². The van der Waals surface area contributed by atoms with E-state index in [9.17, 15) is 14.4 Å². The third kappa shape index (κ3) is 5.30. The summed E-state index contributed by atoms with van der Waals surface area (Å²) in [7, 11) is 0. The Balaban J connectivity index is 4.88. The van der Waals surface area contributed by atoms with Gasteiger partial charge >= 0.3 is 17.9 Å². The Labute approximate surface area is 98.0 Å². The second-order valence-corrected chi connectivity index (χ2v) is 3.64. The minimum absolute atomic E-state index is 0.0172. The van der Waals surface area contributed by atoms with Crippen molar-refractivity contribution in [2.45, 2.75) is 38.2 Å². The molecule has 0 aromatic carbocycles. The summed E-state index contributed by atoms with van der Waals surface area (Å²) in [4.78, 5) is 32.2. The quantitative estimate of drug-likeness (QED) is 0.510. The molecule has 0 aromatic rings. The Hall–Kier alpha value is -1.63. The van der Waals surface area contributed by atoms with Gasteiger partial charge in [0.25, 0.3) is 0 Å². The van der Waals surface area contributed by atoms with E-state index in [1.165, 1.54) is 0 Å². The molecule has 0 atom stereocenters. The molecule has 0 spiro atoms. The molecule has 7 heteroatoms. The highest BCUT2D eigenvalue weighted by Crippen LogP contribution is 2.22. The van der Waals surface area contributed by atoms with Crippen molar-refractivity contribution >= 4 is 17.9 Å². The molecule has 0 aromatic heterocycles. The summed E-state index contributed by atoms with van der Waals surface area (Å²) in [6.45, 7) is 1.86. The van der Waals surface area contributed by atoms with Gasteiger partial charge in [-0.25, -0.2) is 4.79 Å².